The summed E-state index contributed by atoms with van der Waals surface area (Å²) in [4.78, 5) is 73.3. The van der Waals surface area contributed by atoms with Gasteiger partial charge in [0.25, 0.3) is 0 Å². The molecule has 0 amide bonds. The number of unbranched alkanes of at least 4 members (excludes halogenated alkanes) is 55. The Bertz CT molecular complexity index is 2030. The molecule has 19 heteroatoms. The fourth-order valence-electron chi connectivity index (χ4n) is 13.6. The normalized spacial score (nSPS) is 14.1. The predicted octanol–water partition coefficient (Wildman–Crippen LogP) is 26.6. The molecule has 17 nitrogen and oxygen atoms in total. The van der Waals surface area contributed by atoms with Gasteiger partial charge in [0.15, 0.2) is 12.2 Å². The van der Waals surface area contributed by atoms with Gasteiger partial charge in [0, 0.05) is 25.7 Å². The van der Waals surface area contributed by atoms with Gasteiger partial charge < -0.3 is 33.8 Å². The Kier molecular flexibility index (Phi) is 76.9. The molecule has 0 saturated heterocycles. The number of aliphatic hydroxyl groups is 1. The lowest BCUT2D eigenvalue weighted by Crippen LogP contribution is -2.30. The largest absolute Gasteiger partial charge is 0.472 e. The molecule has 0 aromatic heterocycles. The molecule has 0 aliphatic carbocycles. The van der Waals surface area contributed by atoms with Crippen molar-refractivity contribution in [2.45, 2.75) is 484 Å². The Morgan fingerprint density at radius 2 is 0.481 bits per heavy atom. The SMILES string of the molecule is CCCCCCCCCCCCCCCCCCCCCC(=O)O[C@H](COC(=O)CCCCCCCCCCCCCCCCCC(C)C)COP(=O)(O)OC[C@@H](O)COP(=O)(O)OC[C@@H](COC(=O)CCCCCCCCCCCCC)OC(=O)CCCCCCCCCCCCCCCCC(C)CC. The monoisotopic (exact) mass is 1550 g/mol. The molecule has 6 atom stereocenters. The van der Waals surface area contributed by atoms with E-state index in [-0.39, 0.29) is 25.7 Å². The van der Waals surface area contributed by atoms with E-state index >= 15 is 0 Å². The van der Waals surface area contributed by atoms with Gasteiger partial charge >= 0.3 is 39.5 Å². The molecule has 106 heavy (non-hydrogen) atoms. The van der Waals surface area contributed by atoms with Crippen molar-refractivity contribution in [2.75, 3.05) is 39.6 Å². The van der Waals surface area contributed by atoms with Crippen molar-refractivity contribution in [3.8, 4) is 0 Å². The quantitative estimate of drug-likeness (QED) is 0.0222. The second-order valence-corrected chi connectivity index (χ2v) is 34.9. The van der Waals surface area contributed by atoms with E-state index in [1.165, 1.54) is 283 Å². The van der Waals surface area contributed by atoms with E-state index in [4.69, 9.17) is 37.0 Å². The number of phosphoric ester groups is 2. The molecule has 0 radical (unpaired) electrons. The smallest absolute Gasteiger partial charge is 0.462 e. The van der Waals surface area contributed by atoms with Gasteiger partial charge in [-0.25, -0.2) is 9.13 Å². The van der Waals surface area contributed by atoms with Crippen molar-refractivity contribution in [3.05, 3.63) is 0 Å². The summed E-state index contributed by atoms with van der Waals surface area (Å²) in [5.74, 6) is -0.447. The van der Waals surface area contributed by atoms with Crippen molar-refractivity contribution in [3.63, 3.8) is 0 Å². The minimum atomic E-state index is -4.97. The molecule has 630 valence electrons. The highest BCUT2D eigenvalue weighted by atomic mass is 31.2. The lowest BCUT2D eigenvalue weighted by molar-refractivity contribution is -0.161. The van der Waals surface area contributed by atoms with Crippen molar-refractivity contribution in [2.24, 2.45) is 11.8 Å². The average molecular weight is 1550 g/mol. The molecule has 0 fully saturated rings. The summed E-state index contributed by atoms with van der Waals surface area (Å²) < 4.78 is 69.0. The summed E-state index contributed by atoms with van der Waals surface area (Å²) in [6.07, 6.45) is 70.6. The highest BCUT2D eigenvalue weighted by Gasteiger charge is 2.30. The fraction of sp³-hybridized carbons (Fsp3) is 0.954. The number of aliphatic hydroxyl groups excluding tert-OH is 1. The summed E-state index contributed by atoms with van der Waals surface area (Å²) >= 11 is 0. The van der Waals surface area contributed by atoms with Gasteiger partial charge in [-0.2, -0.15) is 0 Å². The second kappa shape index (κ2) is 78.3. The molecular formula is C87H170O17P2. The minimum absolute atomic E-state index is 0.108. The van der Waals surface area contributed by atoms with Crippen LogP contribution in [-0.2, 0) is 65.4 Å². The van der Waals surface area contributed by atoms with Crippen LogP contribution in [0.3, 0.4) is 0 Å². The molecule has 0 spiro atoms. The van der Waals surface area contributed by atoms with Crippen LogP contribution in [-0.4, -0.2) is 96.7 Å². The summed E-state index contributed by atoms with van der Waals surface area (Å²) in [7, 11) is -9.93. The molecule has 0 aromatic carbocycles. The maximum Gasteiger partial charge on any atom is 0.472 e. The van der Waals surface area contributed by atoms with Crippen molar-refractivity contribution >= 4 is 39.5 Å². The summed E-state index contributed by atoms with van der Waals surface area (Å²) in [6.45, 7) is 9.76. The minimum Gasteiger partial charge on any atom is -0.462 e. The summed E-state index contributed by atoms with van der Waals surface area (Å²) in [5.41, 5.74) is 0. The number of esters is 4. The number of hydrogen-bond donors (Lipinski definition) is 3. The molecule has 0 heterocycles. The van der Waals surface area contributed by atoms with Crippen LogP contribution in [0.15, 0.2) is 0 Å². The number of carbonyl (C=O) groups excluding carboxylic acids is 4. The zero-order valence-corrected chi connectivity index (χ0v) is 71.5. The third-order valence-electron chi connectivity index (χ3n) is 20.8. The maximum atomic E-state index is 13.2. The Balaban J connectivity index is 5.25. The molecule has 0 aromatic rings. The molecule has 0 aliphatic rings. The van der Waals surface area contributed by atoms with Crippen LogP contribution in [0.2, 0.25) is 0 Å². The van der Waals surface area contributed by atoms with E-state index in [1.54, 1.807) is 0 Å². The number of phosphoric acid groups is 2. The molecule has 0 aliphatic heterocycles. The molecule has 0 rings (SSSR count). The average Bonchev–Trinajstić information content (AvgIpc) is 0.901. The Labute approximate surface area is 651 Å². The van der Waals surface area contributed by atoms with E-state index in [2.05, 4.69) is 41.5 Å². The Morgan fingerprint density at radius 3 is 0.717 bits per heavy atom. The van der Waals surface area contributed by atoms with Crippen LogP contribution in [0.1, 0.15) is 465 Å². The Hall–Kier alpha value is -1.94. The maximum absolute atomic E-state index is 13.2. The van der Waals surface area contributed by atoms with Crippen LogP contribution in [0, 0.1) is 11.8 Å². The van der Waals surface area contributed by atoms with E-state index in [1.807, 2.05) is 0 Å². The third kappa shape index (κ3) is 78.7. The van der Waals surface area contributed by atoms with Gasteiger partial charge in [-0.15, -0.1) is 0 Å². The standard InChI is InChI=1S/C87H170O17P2/c1-7-10-12-14-16-18-20-21-22-23-24-25-28-35-41-47-53-59-65-71-86(91)104-83(76-98-85(90)70-64-58-52-46-40-34-29-26-27-32-38-43-49-55-61-67-79(4)5)78-102-106(95,96)100-74-81(88)73-99-105(93,94)101-77-82(75-97-84(89)69-63-57-51-45-37-19-17-15-13-11-8-2)103-87(92)72-66-60-54-48-42-36-31-30-33-39-44-50-56-62-68-80(6)9-3/h79-83,88H,7-78H2,1-6H3,(H,93,94)(H,95,96)/t80?,81-,82+,83+/m0/s1. The zero-order chi connectivity index (χ0) is 77.8. The first-order valence-electron chi connectivity index (χ1n) is 45.0. The molecule has 3 unspecified atom stereocenters. The van der Waals surface area contributed by atoms with Gasteiger partial charge in [0.2, 0.25) is 0 Å². The van der Waals surface area contributed by atoms with Crippen LogP contribution >= 0.6 is 15.6 Å². The summed E-state index contributed by atoms with van der Waals surface area (Å²) in [6, 6.07) is 0. The van der Waals surface area contributed by atoms with Crippen LogP contribution in [0.5, 0.6) is 0 Å². The van der Waals surface area contributed by atoms with E-state index in [0.717, 1.165) is 102 Å². The van der Waals surface area contributed by atoms with Gasteiger partial charge in [-0.05, 0) is 37.5 Å². The molecule has 0 saturated carbocycles. The van der Waals surface area contributed by atoms with Crippen molar-refractivity contribution in [1.82, 2.24) is 0 Å². The highest BCUT2D eigenvalue weighted by molar-refractivity contribution is 7.47. The first kappa shape index (κ1) is 104. The van der Waals surface area contributed by atoms with Crippen molar-refractivity contribution < 1.29 is 80.2 Å². The lowest BCUT2D eigenvalue weighted by atomic mass is 9.99. The molecule has 0 bridgehead atoms. The summed E-state index contributed by atoms with van der Waals surface area (Å²) in [5, 5.41) is 10.7. The first-order valence-corrected chi connectivity index (χ1v) is 48.0. The number of hydrogen-bond acceptors (Lipinski definition) is 15. The second-order valence-electron chi connectivity index (χ2n) is 32.0. The zero-order valence-electron chi connectivity index (χ0n) is 69.7. The third-order valence-corrected chi connectivity index (χ3v) is 22.7. The van der Waals surface area contributed by atoms with E-state index in [9.17, 15) is 43.2 Å². The van der Waals surface area contributed by atoms with Gasteiger partial charge in [-0.1, -0.05) is 414 Å². The van der Waals surface area contributed by atoms with Gasteiger partial charge in [0.1, 0.15) is 19.3 Å². The number of carbonyl (C=O) groups is 4. The van der Waals surface area contributed by atoms with E-state index < -0.39 is 97.5 Å². The van der Waals surface area contributed by atoms with Gasteiger partial charge in [0.05, 0.1) is 26.4 Å². The molecular weight excluding hydrogens is 1380 g/mol. The first-order chi connectivity index (χ1) is 51.4. The number of rotatable bonds is 86. The van der Waals surface area contributed by atoms with E-state index in [0.29, 0.717) is 25.7 Å². The van der Waals surface area contributed by atoms with Gasteiger partial charge in [-0.3, -0.25) is 37.3 Å². The highest BCUT2D eigenvalue weighted by Crippen LogP contribution is 2.45. The molecule has 3 N–H and O–H groups in total. The van der Waals surface area contributed by atoms with Crippen LogP contribution in [0.4, 0.5) is 0 Å². The topological polar surface area (TPSA) is 237 Å². The van der Waals surface area contributed by atoms with Crippen LogP contribution in [0.25, 0.3) is 0 Å². The fourth-order valence-corrected chi connectivity index (χ4v) is 15.1. The van der Waals surface area contributed by atoms with Crippen molar-refractivity contribution in [1.29, 1.82) is 0 Å². The lowest BCUT2D eigenvalue weighted by Gasteiger charge is -2.21. The number of ether oxygens (including phenoxy) is 4. The van der Waals surface area contributed by atoms with Crippen LogP contribution < -0.4 is 0 Å². The Morgan fingerprint density at radius 1 is 0.274 bits per heavy atom. The predicted molar refractivity (Wildman–Crippen MR) is 437 cm³/mol.